The zero-order chi connectivity index (χ0) is 12.0. The normalized spacial score (nSPS) is 12.5. The van der Waals surface area contributed by atoms with Gasteiger partial charge in [-0.1, -0.05) is 18.2 Å². The number of benzene rings is 1. The van der Waals surface area contributed by atoms with Crippen LogP contribution in [-0.4, -0.2) is 37.9 Å². The molecule has 1 unspecified atom stereocenters. The number of methoxy groups -OCH3 is 1. The van der Waals surface area contributed by atoms with E-state index in [2.05, 4.69) is 13.0 Å². The summed E-state index contributed by atoms with van der Waals surface area (Å²) in [5.41, 5.74) is 1.18. The molecule has 0 N–H and O–H groups in total. The molecule has 16 heavy (non-hydrogen) atoms. The van der Waals surface area contributed by atoms with Crippen molar-refractivity contribution in [3.8, 4) is 5.75 Å². The number of carbonyl (C=O) groups is 1. The van der Waals surface area contributed by atoms with Crippen LogP contribution in [0.15, 0.2) is 24.3 Å². The molecule has 0 saturated carbocycles. The number of carbonyl (C=O) groups excluding carboxylic acids is 1. The largest absolute Gasteiger partial charge is 0.496 e. The lowest BCUT2D eigenvalue weighted by atomic mass is 10.1. The van der Waals surface area contributed by atoms with Crippen LogP contribution in [0.25, 0.3) is 0 Å². The first-order chi connectivity index (χ1) is 7.69. The van der Waals surface area contributed by atoms with Gasteiger partial charge >= 0.3 is 0 Å². The van der Waals surface area contributed by atoms with Crippen molar-refractivity contribution in [2.24, 2.45) is 0 Å². The fraction of sp³-hybridized carbons (Fsp3) is 0.462. The van der Waals surface area contributed by atoms with E-state index in [9.17, 15) is 4.79 Å². The van der Waals surface area contributed by atoms with Gasteiger partial charge in [0.15, 0.2) is 0 Å². The topological polar surface area (TPSA) is 29.5 Å². The second kappa shape index (κ2) is 6.28. The molecular formula is C13H19NO2. The van der Waals surface area contributed by atoms with E-state index in [0.29, 0.717) is 12.6 Å². The third-order valence-corrected chi connectivity index (χ3v) is 2.82. The number of hydrogen-bond acceptors (Lipinski definition) is 3. The van der Waals surface area contributed by atoms with Gasteiger partial charge in [0, 0.05) is 6.04 Å². The SMILES string of the molecule is COc1ccccc1CC(C)N(C)CC=O. The van der Waals surface area contributed by atoms with E-state index in [1.54, 1.807) is 7.11 Å². The fourth-order valence-electron chi connectivity index (χ4n) is 1.64. The quantitative estimate of drug-likeness (QED) is 0.685. The summed E-state index contributed by atoms with van der Waals surface area (Å²) in [5, 5.41) is 0. The molecule has 0 aliphatic heterocycles. The highest BCUT2D eigenvalue weighted by molar-refractivity contribution is 5.52. The van der Waals surface area contributed by atoms with E-state index in [4.69, 9.17) is 4.74 Å². The Balaban J connectivity index is 2.68. The summed E-state index contributed by atoms with van der Waals surface area (Å²) in [7, 11) is 3.63. The predicted molar refractivity (Wildman–Crippen MR) is 64.9 cm³/mol. The Labute approximate surface area is 97.0 Å². The number of aldehydes is 1. The summed E-state index contributed by atoms with van der Waals surface area (Å²) in [4.78, 5) is 12.5. The van der Waals surface area contributed by atoms with Gasteiger partial charge in [-0.3, -0.25) is 4.90 Å². The third kappa shape index (κ3) is 3.35. The summed E-state index contributed by atoms with van der Waals surface area (Å²) in [6.07, 6.45) is 1.81. The van der Waals surface area contributed by atoms with Crippen molar-refractivity contribution in [1.29, 1.82) is 0 Å². The van der Waals surface area contributed by atoms with Gasteiger partial charge in [-0.2, -0.15) is 0 Å². The van der Waals surface area contributed by atoms with Crippen molar-refractivity contribution >= 4 is 6.29 Å². The number of nitrogens with zero attached hydrogens (tertiary/aromatic N) is 1. The number of ether oxygens (including phenoxy) is 1. The van der Waals surface area contributed by atoms with Gasteiger partial charge in [0.25, 0.3) is 0 Å². The maximum absolute atomic E-state index is 10.4. The number of rotatable bonds is 6. The molecule has 1 aromatic carbocycles. The molecule has 3 nitrogen and oxygen atoms in total. The standard InChI is InChI=1S/C13H19NO2/c1-11(14(2)8-9-15)10-12-6-4-5-7-13(12)16-3/h4-7,9,11H,8,10H2,1-3H3. The first kappa shape index (κ1) is 12.7. The molecule has 0 radical (unpaired) electrons. The zero-order valence-electron chi connectivity index (χ0n) is 10.1. The van der Waals surface area contributed by atoms with Gasteiger partial charge in [-0.05, 0) is 32.0 Å². The molecule has 0 amide bonds. The molecule has 0 spiro atoms. The molecule has 0 bridgehead atoms. The van der Waals surface area contributed by atoms with Gasteiger partial charge in [-0.25, -0.2) is 0 Å². The van der Waals surface area contributed by atoms with Crippen LogP contribution in [0.1, 0.15) is 12.5 Å². The molecular weight excluding hydrogens is 202 g/mol. The second-order valence-corrected chi connectivity index (χ2v) is 3.97. The Kier molecular flexibility index (Phi) is 4.99. The van der Waals surface area contributed by atoms with E-state index in [-0.39, 0.29) is 0 Å². The Morgan fingerprint density at radius 3 is 2.75 bits per heavy atom. The highest BCUT2D eigenvalue weighted by atomic mass is 16.5. The van der Waals surface area contributed by atoms with Crippen LogP contribution in [0.5, 0.6) is 5.75 Å². The van der Waals surface area contributed by atoms with Crippen molar-refractivity contribution in [3.05, 3.63) is 29.8 Å². The van der Waals surface area contributed by atoms with E-state index in [1.165, 1.54) is 5.56 Å². The lowest BCUT2D eigenvalue weighted by Gasteiger charge is -2.23. The number of para-hydroxylation sites is 1. The molecule has 0 saturated heterocycles. The molecule has 1 aromatic rings. The summed E-state index contributed by atoms with van der Waals surface area (Å²) >= 11 is 0. The predicted octanol–water partition coefficient (Wildman–Crippen LogP) is 1.76. The molecule has 0 aliphatic carbocycles. The minimum Gasteiger partial charge on any atom is -0.496 e. The Morgan fingerprint density at radius 2 is 2.12 bits per heavy atom. The molecule has 88 valence electrons. The molecule has 0 fully saturated rings. The Hall–Kier alpha value is -1.35. The average Bonchev–Trinajstić information content (AvgIpc) is 2.30. The highest BCUT2D eigenvalue weighted by Gasteiger charge is 2.11. The van der Waals surface area contributed by atoms with Crippen LogP contribution in [0.2, 0.25) is 0 Å². The second-order valence-electron chi connectivity index (χ2n) is 3.97. The Morgan fingerprint density at radius 1 is 1.44 bits per heavy atom. The summed E-state index contributed by atoms with van der Waals surface area (Å²) < 4.78 is 5.30. The smallest absolute Gasteiger partial charge is 0.133 e. The molecule has 1 rings (SSSR count). The highest BCUT2D eigenvalue weighted by Crippen LogP contribution is 2.19. The van der Waals surface area contributed by atoms with Crippen LogP contribution < -0.4 is 4.74 Å². The zero-order valence-corrected chi connectivity index (χ0v) is 10.1. The van der Waals surface area contributed by atoms with E-state index < -0.39 is 0 Å². The van der Waals surface area contributed by atoms with Crippen LogP contribution in [0.4, 0.5) is 0 Å². The van der Waals surface area contributed by atoms with Crippen LogP contribution in [0, 0.1) is 0 Å². The summed E-state index contributed by atoms with van der Waals surface area (Å²) in [6, 6.07) is 8.31. The first-order valence-corrected chi connectivity index (χ1v) is 5.44. The minimum atomic E-state index is 0.321. The molecule has 0 aromatic heterocycles. The van der Waals surface area contributed by atoms with Crippen LogP contribution in [0.3, 0.4) is 0 Å². The fourth-order valence-corrected chi connectivity index (χ4v) is 1.64. The van der Waals surface area contributed by atoms with Crippen molar-refractivity contribution in [2.75, 3.05) is 20.7 Å². The van der Waals surface area contributed by atoms with Gasteiger partial charge in [0.1, 0.15) is 12.0 Å². The average molecular weight is 221 g/mol. The van der Waals surface area contributed by atoms with Crippen LogP contribution >= 0.6 is 0 Å². The van der Waals surface area contributed by atoms with Crippen molar-refractivity contribution in [2.45, 2.75) is 19.4 Å². The van der Waals surface area contributed by atoms with E-state index in [0.717, 1.165) is 18.5 Å². The van der Waals surface area contributed by atoms with Gasteiger partial charge < -0.3 is 9.53 Å². The van der Waals surface area contributed by atoms with Gasteiger partial charge in [0.2, 0.25) is 0 Å². The number of likely N-dealkylation sites (N-methyl/N-ethyl adjacent to an activating group) is 1. The molecule has 1 atom stereocenters. The van der Waals surface area contributed by atoms with Crippen molar-refractivity contribution in [3.63, 3.8) is 0 Å². The van der Waals surface area contributed by atoms with E-state index in [1.807, 2.05) is 30.1 Å². The monoisotopic (exact) mass is 221 g/mol. The minimum absolute atomic E-state index is 0.321. The van der Waals surface area contributed by atoms with Crippen molar-refractivity contribution < 1.29 is 9.53 Å². The van der Waals surface area contributed by atoms with Crippen molar-refractivity contribution in [1.82, 2.24) is 4.90 Å². The Bertz CT molecular complexity index is 338. The molecule has 3 heteroatoms. The first-order valence-electron chi connectivity index (χ1n) is 5.44. The lowest BCUT2D eigenvalue weighted by molar-refractivity contribution is -0.109. The lowest BCUT2D eigenvalue weighted by Crippen LogP contribution is -2.32. The van der Waals surface area contributed by atoms with Gasteiger partial charge in [-0.15, -0.1) is 0 Å². The summed E-state index contributed by atoms with van der Waals surface area (Å²) in [5.74, 6) is 0.911. The maximum Gasteiger partial charge on any atom is 0.133 e. The molecule has 0 heterocycles. The van der Waals surface area contributed by atoms with Gasteiger partial charge in [0.05, 0.1) is 13.7 Å². The third-order valence-electron chi connectivity index (χ3n) is 2.82. The molecule has 0 aliphatic rings. The maximum atomic E-state index is 10.4. The summed E-state index contributed by atoms with van der Waals surface area (Å²) in [6.45, 7) is 2.58. The van der Waals surface area contributed by atoms with E-state index >= 15 is 0 Å². The number of hydrogen-bond donors (Lipinski definition) is 0. The van der Waals surface area contributed by atoms with Crippen LogP contribution in [-0.2, 0) is 11.2 Å².